The number of amides is 1. The lowest BCUT2D eigenvalue weighted by Crippen LogP contribution is -2.44. The van der Waals surface area contributed by atoms with Crippen LogP contribution in [0.5, 0.6) is 0 Å². The zero-order valence-corrected chi connectivity index (χ0v) is 12.4. The van der Waals surface area contributed by atoms with Crippen molar-refractivity contribution in [3.8, 4) is 0 Å². The number of nitrogens with one attached hydrogen (secondary N) is 1. The zero-order chi connectivity index (χ0) is 15.9. The Morgan fingerprint density at radius 1 is 0.955 bits per heavy atom. The largest absolute Gasteiger partial charge is 0.479 e. The van der Waals surface area contributed by atoms with Gasteiger partial charge in [-0.1, -0.05) is 48.2 Å². The molecule has 0 saturated carbocycles. The third kappa shape index (κ3) is 4.34. The molecule has 0 aromatic heterocycles. The molecule has 0 aliphatic heterocycles. The summed E-state index contributed by atoms with van der Waals surface area (Å²) in [4.78, 5) is 23.9. The van der Waals surface area contributed by atoms with E-state index in [4.69, 9.17) is 5.11 Å². The third-order valence-electron chi connectivity index (χ3n) is 2.86. The SMILES string of the molecule is O=C(NC(Sc1ccccc1)C(O)C(=O)O)c1ccccc1. The van der Waals surface area contributed by atoms with Crippen LogP contribution in [0, 0.1) is 0 Å². The molecule has 6 heteroatoms. The highest BCUT2D eigenvalue weighted by Gasteiger charge is 2.28. The molecule has 1 amide bonds. The quantitative estimate of drug-likeness (QED) is 0.560. The van der Waals surface area contributed by atoms with Crippen molar-refractivity contribution >= 4 is 23.6 Å². The molecule has 3 N–H and O–H groups in total. The van der Waals surface area contributed by atoms with Crippen molar-refractivity contribution in [2.75, 3.05) is 0 Å². The van der Waals surface area contributed by atoms with E-state index < -0.39 is 23.4 Å². The Hall–Kier alpha value is -2.31. The fourth-order valence-corrected chi connectivity index (χ4v) is 2.77. The van der Waals surface area contributed by atoms with Gasteiger partial charge in [0.15, 0.2) is 6.10 Å². The van der Waals surface area contributed by atoms with Crippen LogP contribution >= 0.6 is 11.8 Å². The number of hydrogen-bond donors (Lipinski definition) is 3. The van der Waals surface area contributed by atoms with Gasteiger partial charge in [-0.15, -0.1) is 0 Å². The molecular weight excluding hydrogens is 302 g/mol. The molecule has 0 heterocycles. The Morgan fingerprint density at radius 3 is 2.05 bits per heavy atom. The van der Waals surface area contributed by atoms with Crippen molar-refractivity contribution in [1.82, 2.24) is 5.32 Å². The van der Waals surface area contributed by atoms with E-state index in [1.54, 1.807) is 54.6 Å². The van der Waals surface area contributed by atoms with Gasteiger partial charge >= 0.3 is 5.97 Å². The molecule has 0 aliphatic rings. The lowest BCUT2D eigenvalue weighted by atomic mass is 10.2. The van der Waals surface area contributed by atoms with E-state index in [9.17, 15) is 14.7 Å². The van der Waals surface area contributed by atoms with Crippen LogP contribution in [0.2, 0.25) is 0 Å². The molecule has 0 aliphatic carbocycles. The van der Waals surface area contributed by atoms with Crippen LogP contribution in [0.1, 0.15) is 10.4 Å². The van der Waals surface area contributed by atoms with Crippen molar-refractivity contribution in [2.45, 2.75) is 16.4 Å². The summed E-state index contributed by atoms with van der Waals surface area (Å²) in [7, 11) is 0. The average Bonchev–Trinajstić information content (AvgIpc) is 2.55. The van der Waals surface area contributed by atoms with Crippen LogP contribution in [0.3, 0.4) is 0 Å². The number of aliphatic hydroxyl groups excluding tert-OH is 1. The second-order valence-corrected chi connectivity index (χ2v) is 5.69. The lowest BCUT2D eigenvalue weighted by molar-refractivity contribution is -0.146. The van der Waals surface area contributed by atoms with Crippen LogP contribution in [-0.4, -0.2) is 33.6 Å². The fourth-order valence-electron chi connectivity index (χ4n) is 1.75. The summed E-state index contributed by atoms with van der Waals surface area (Å²) in [6, 6.07) is 17.4. The van der Waals surface area contributed by atoms with Crippen LogP contribution < -0.4 is 5.32 Å². The summed E-state index contributed by atoms with van der Waals surface area (Å²) in [5.41, 5.74) is 0.402. The summed E-state index contributed by atoms with van der Waals surface area (Å²) >= 11 is 1.09. The van der Waals surface area contributed by atoms with Crippen LogP contribution in [0.4, 0.5) is 0 Å². The van der Waals surface area contributed by atoms with Crippen molar-refractivity contribution in [1.29, 1.82) is 0 Å². The maximum absolute atomic E-state index is 12.1. The van der Waals surface area contributed by atoms with Crippen LogP contribution in [-0.2, 0) is 4.79 Å². The number of thioether (sulfide) groups is 1. The predicted octanol–water partition coefficient (Wildman–Crippen LogP) is 1.98. The van der Waals surface area contributed by atoms with E-state index in [1.165, 1.54) is 0 Å². The first-order chi connectivity index (χ1) is 10.6. The molecule has 114 valence electrons. The summed E-state index contributed by atoms with van der Waals surface area (Å²) in [6.07, 6.45) is -1.71. The number of aliphatic hydroxyl groups is 1. The minimum absolute atomic E-state index is 0.402. The Labute approximate surface area is 132 Å². The Balaban J connectivity index is 2.14. The zero-order valence-electron chi connectivity index (χ0n) is 11.5. The number of aliphatic carboxylic acids is 1. The van der Waals surface area contributed by atoms with E-state index in [-0.39, 0.29) is 0 Å². The van der Waals surface area contributed by atoms with Crippen LogP contribution in [0.25, 0.3) is 0 Å². The van der Waals surface area contributed by atoms with E-state index in [0.29, 0.717) is 5.56 Å². The average molecular weight is 317 g/mol. The maximum atomic E-state index is 12.1. The van der Waals surface area contributed by atoms with E-state index >= 15 is 0 Å². The van der Waals surface area contributed by atoms with Gasteiger partial charge < -0.3 is 15.5 Å². The first-order valence-electron chi connectivity index (χ1n) is 6.56. The third-order valence-corrected chi connectivity index (χ3v) is 4.03. The van der Waals surface area contributed by atoms with Gasteiger partial charge in [-0.05, 0) is 24.3 Å². The van der Waals surface area contributed by atoms with Gasteiger partial charge in [0.1, 0.15) is 5.37 Å². The van der Waals surface area contributed by atoms with Crippen molar-refractivity contribution in [3.63, 3.8) is 0 Å². The van der Waals surface area contributed by atoms with Gasteiger partial charge in [0.05, 0.1) is 0 Å². The molecule has 0 bridgehead atoms. The second kappa shape index (κ2) is 7.63. The summed E-state index contributed by atoms with van der Waals surface area (Å²) < 4.78 is 0. The minimum atomic E-state index is -1.71. The Kier molecular flexibility index (Phi) is 5.57. The molecule has 0 spiro atoms. The number of rotatable bonds is 6. The monoisotopic (exact) mass is 317 g/mol. The molecule has 2 rings (SSSR count). The van der Waals surface area contributed by atoms with E-state index in [2.05, 4.69) is 5.32 Å². The van der Waals surface area contributed by atoms with Gasteiger partial charge in [0, 0.05) is 10.5 Å². The topological polar surface area (TPSA) is 86.6 Å². The summed E-state index contributed by atoms with van der Waals surface area (Å²) in [6.45, 7) is 0. The van der Waals surface area contributed by atoms with Crippen molar-refractivity contribution in [3.05, 3.63) is 66.2 Å². The van der Waals surface area contributed by atoms with Crippen LogP contribution in [0.15, 0.2) is 65.6 Å². The Morgan fingerprint density at radius 2 is 1.50 bits per heavy atom. The smallest absolute Gasteiger partial charge is 0.335 e. The minimum Gasteiger partial charge on any atom is -0.479 e. The van der Waals surface area contributed by atoms with Gasteiger partial charge in [-0.2, -0.15) is 0 Å². The number of carboxylic acids is 1. The maximum Gasteiger partial charge on any atom is 0.335 e. The molecule has 0 fully saturated rings. The Bertz CT molecular complexity index is 633. The van der Waals surface area contributed by atoms with Crippen molar-refractivity contribution < 1.29 is 19.8 Å². The first kappa shape index (κ1) is 16.1. The number of carboxylic acid groups (broad SMARTS) is 1. The van der Waals surface area contributed by atoms with Gasteiger partial charge in [-0.25, -0.2) is 4.79 Å². The molecule has 2 aromatic carbocycles. The van der Waals surface area contributed by atoms with Crippen molar-refractivity contribution in [2.24, 2.45) is 0 Å². The molecule has 0 saturated heterocycles. The van der Waals surface area contributed by atoms with E-state index in [0.717, 1.165) is 16.7 Å². The molecule has 0 radical (unpaired) electrons. The normalized spacial score (nSPS) is 13.1. The second-order valence-electron chi connectivity index (χ2n) is 4.47. The molecule has 2 atom stereocenters. The van der Waals surface area contributed by atoms with Gasteiger partial charge in [-0.3, -0.25) is 4.79 Å². The number of hydrogen-bond acceptors (Lipinski definition) is 4. The molecule has 22 heavy (non-hydrogen) atoms. The standard InChI is InChI=1S/C16H15NO4S/c18-13(16(20)21)15(22-12-9-5-2-6-10-12)17-14(19)11-7-3-1-4-8-11/h1-10,13,15,18H,(H,17,19)(H,20,21). The predicted molar refractivity (Wildman–Crippen MR) is 83.6 cm³/mol. The number of carbonyl (C=O) groups excluding carboxylic acids is 1. The summed E-state index contributed by atoms with van der Waals surface area (Å²) in [5.74, 6) is -1.82. The van der Waals surface area contributed by atoms with Gasteiger partial charge in [0.2, 0.25) is 0 Å². The fraction of sp³-hybridized carbons (Fsp3) is 0.125. The van der Waals surface area contributed by atoms with E-state index in [1.807, 2.05) is 6.07 Å². The lowest BCUT2D eigenvalue weighted by Gasteiger charge is -2.21. The first-order valence-corrected chi connectivity index (χ1v) is 7.44. The summed E-state index contributed by atoms with van der Waals surface area (Å²) in [5, 5.41) is 20.4. The molecule has 5 nitrogen and oxygen atoms in total. The number of carbonyl (C=O) groups is 2. The molecular formula is C16H15NO4S. The molecule has 2 aromatic rings. The highest BCUT2D eigenvalue weighted by Crippen LogP contribution is 2.24. The highest BCUT2D eigenvalue weighted by molar-refractivity contribution is 8.00. The van der Waals surface area contributed by atoms with Gasteiger partial charge in [0.25, 0.3) is 5.91 Å². The molecule has 2 unspecified atom stereocenters. The number of benzene rings is 2. The highest BCUT2D eigenvalue weighted by atomic mass is 32.2.